The lowest BCUT2D eigenvalue weighted by Gasteiger charge is -2.19. The van der Waals surface area contributed by atoms with E-state index in [1.807, 2.05) is 75.4 Å². The van der Waals surface area contributed by atoms with Gasteiger partial charge in [-0.25, -0.2) is 4.79 Å². The van der Waals surface area contributed by atoms with Crippen LogP contribution in [0.15, 0.2) is 66.7 Å². The summed E-state index contributed by atoms with van der Waals surface area (Å²) < 4.78 is 16.5. The molecule has 0 aliphatic rings. The molecule has 0 saturated carbocycles. The number of methoxy groups -OCH3 is 1. The fourth-order valence-electron chi connectivity index (χ4n) is 2.32. The van der Waals surface area contributed by atoms with E-state index < -0.39 is 5.60 Å². The molecule has 1 atom stereocenters. The Morgan fingerprint density at radius 2 is 1.69 bits per heavy atom. The molecule has 0 fully saturated rings. The number of hydrogen-bond donors (Lipinski definition) is 0. The Labute approximate surface area is 155 Å². The van der Waals surface area contributed by atoms with E-state index >= 15 is 0 Å². The van der Waals surface area contributed by atoms with Crippen LogP contribution in [0.4, 0.5) is 0 Å². The summed E-state index contributed by atoms with van der Waals surface area (Å²) >= 11 is 0. The van der Waals surface area contributed by atoms with Gasteiger partial charge in [0.25, 0.3) is 0 Å². The van der Waals surface area contributed by atoms with Gasteiger partial charge in [-0.2, -0.15) is 0 Å². The molecule has 0 N–H and O–H groups in total. The maximum absolute atomic E-state index is 12.0. The zero-order valence-corrected chi connectivity index (χ0v) is 15.8. The van der Waals surface area contributed by atoms with Crippen LogP contribution in [0.25, 0.3) is 0 Å². The van der Waals surface area contributed by atoms with Crippen molar-refractivity contribution in [1.82, 2.24) is 0 Å². The number of rotatable bonds is 7. The van der Waals surface area contributed by atoms with Crippen LogP contribution in [0.2, 0.25) is 0 Å². The third-order valence-corrected chi connectivity index (χ3v) is 3.53. The summed E-state index contributed by atoms with van der Waals surface area (Å²) in [4.78, 5) is 12.0. The molecule has 0 saturated heterocycles. The second-order valence-corrected chi connectivity index (χ2v) is 6.88. The van der Waals surface area contributed by atoms with E-state index in [0.29, 0.717) is 6.61 Å². The van der Waals surface area contributed by atoms with Crippen LogP contribution in [0.1, 0.15) is 38.0 Å². The quantitative estimate of drug-likeness (QED) is 0.527. The minimum atomic E-state index is -0.520. The van der Waals surface area contributed by atoms with Gasteiger partial charge in [0, 0.05) is 6.08 Å². The monoisotopic (exact) mass is 354 g/mol. The SMILES string of the molecule is COc1ccc(CO[C@@H](/C=C/C(=O)OC(C)(C)C)c2ccccc2)cc1. The van der Waals surface area contributed by atoms with Crippen LogP contribution in [0.5, 0.6) is 5.75 Å². The van der Waals surface area contributed by atoms with Gasteiger partial charge < -0.3 is 14.2 Å². The Morgan fingerprint density at radius 3 is 2.27 bits per heavy atom. The van der Waals surface area contributed by atoms with Gasteiger partial charge in [0.1, 0.15) is 17.5 Å². The number of carbonyl (C=O) groups is 1. The van der Waals surface area contributed by atoms with E-state index in [2.05, 4.69) is 0 Å². The predicted octanol–water partition coefficient (Wildman–Crippen LogP) is 4.85. The highest BCUT2D eigenvalue weighted by molar-refractivity contribution is 5.82. The number of hydrogen-bond acceptors (Lipinski definition) is 4. The van der Waals surface area contributed by atoms with E-state index in [9.17, 15) is 4.79 Å². The number of benzene rings is 2. The Morgan fingerprint density at radius 1 is 1.04 bits per heavy atom. The molecule has 0 spiro atoms. The van der Waals surface area contributed by atoms with Crippen molar-refractivity contribution in [2.75, 3.05) is 7.11 Å². The van der Waals surface area contributed by atoms with Crippen molar-refractivity contribution in [2.45, 2.75) is 39.1 Å². The van der Waals surface area contributed by atoms with Gasteiger partial charge in [-0.3, -0.25) is 0 Å². The van der Waals surface area contributed by atoms with Gasteiger partial charge in [0.05, 0.1) is 13.7 Å². The molecular weight excluding hydrogens is 328 g/mol. The summed E-state index contributed by atoms with van der Waals surface area (Å²) in [7, 11) is 1.64. The van der Waals surface area contributed by atoms with Crippen molar-refractivity contribution in [1.29, 1.82) is 0 Å². The summed E-state index contributed by atoms with van der Waals surface area (Å²) in [5, 5.41) is 0. The molecule has 0 amide bonds. The second-order valence-electron chi connectivity index (χ2n) is 6.88. The van der Waals surface area contributed by atoms with E-state index in [4.69, 9.17) is 14.2 Å². The predicted molar refractivity (Wildman–Crippen MR) is 102 cm³/mol. The molecule has 138 valence electrons. The van der Waals surface area contributed by atoms with Crippen LogP contribution in [0.3, 0.4) is 0 Å². The smallest absolute Gasteiger partial charge is 0.331 e. The molecule has 0 radical (unpaired) electrons. The van der Waals surface area contributed by atoms with Crippen LogP contribution < -0.4 is 4.74 Å². The van der Waals surface area contributed by atoms with E-state index in [1.54, 1.807) is 13.2 Å². The van der Waals surface area contributed by atoms with Crippen molar-refractivity contribution in [3.05, 3.63) is 77.9 Å². The first-order chi connectivity index (χ1) is 12.4. The van der Waals surface area contributed by atoms with Crippen LogP contribution in [-0.2, 0) is 20.9 Å². The first-order valence-corrected chi connectivity index (χ1v) is 8.58. The van der Waals surface area contributed by atoms with Crippen molar-refractivity contribution >= 4 is 5.97 Å². The third kappa shape index (κ3) is 6.73. The topological polar surface area (TPSA) is 44.8 Å². The normalized spacial score (nSPS) is 12.8. The van der Waals surface area contributed by atoms with Crippen LogP contribution in [0, 0.1) is 0 Å². The second kappa shape index (κ2) is 9.20. The molecule has 4 nitrogen and oxygen atoms in total. The lowest BCUT2D eigenvalue weighted by molar-refractivity contribution is -0.148. The van der Waals surface area contributed by atoms with Gasteiger partial charge in [-0.05, 0) is 50.1 Å². The van der Waals surface area contributed by atoms with Gasteiger partial charge >= 0.3 is 5.97 Å². The minimum absolute atomic E-state index is 0.342. The highest BCUT2D eigenvalue weighted by Crippen LogP contribution is 2.22. The third-order valence-electron chi connectivity index (χ3n) is 3.53. The number of esters is 1. The first-order valence-electron chi connectivity index (χ1n) is 8.58. The lowest BCUT2D eigenvalue weighted by atomic mass is 10.1. The number of carbonyl (C=O) groups excluding carboxylic acids is 1. The average molecular weight is 354 g/mol. The molecule has 26 heavy (non-hydrogen) atoms. The maximum atomic E-state index is 12.0. The van der Waals surface area contributed by atoms with Gasteiger partial charge in [-0.15, -0.1) is 0 Å². The zero-order valence-electron chi connectivity index (χ0n) is 15.8. The van der Waals surface area contributed by atoms with Crippen molar-refractivity contribution < 1.29 is 19.0 Å². The summed E-state index contributed by atoms with van der Waals surface area (Å²) in [5.74, 6) is 0.421. The highest BCUT2D eigenvalue weighted by atomic mass is 16.6. The maximum Gasteiger partial charge on any atom is 0.331 e. The summed E-state index contributed by atoms with van der Waals surface area (Å²) in [6.07, 6.45) is 2.81. The Balaban J connectivity index is 2.07. The molecule has 2 aromatic rings. The Bertz CT molecular complexity index is 712. The van der Waals surface area contributed by atoms with E-state index in [0.717, 1.165) is 16.9 Å². The van der Waals surface area contributed by atoms with Crippen LogP contribution in [-0.4, -0.2) is 18.7 Å². The van der Waals surface area contributed by atoms with Gasteiger partial charge in [-0.1, -0.05) is 42.5 Å². The summed E-state index contributed by atoms with van der Waals surface area (Å²) in [6.45, 7) is 5.94. The molecule has 0 aromatic heterocycles. The van der Waals surface area contributed by atoms with Gasteiger partial charge in [0.15, 0.2) is 0 Å². The van der Waals surface area contributed by atoms with E-state index in [-0.39, 0.29) is 12.1 Å². The van der Waals surface area contributed by atoms with Crippen molar-refractivity contribution in [2.24, 2.45) is 0 Å². The zero-order chi connectivity index (χ0) is 19.0. The minimum Gasteiger partial charge on any atom is -0.497 e. The van der Waals surface area contributed by atoms with Crippen LogP contribution >= 0.6 is 0 Å². The Kier molecular flexibility index (Phi) is 6.98. The largest absolute Gasteiger partial charge is 0.497 e. The molecule has 0 aliphatic carbocycles. The summed E-state index contributed by atoms with van der Waals surface area (Å²) in [5.41, 5.74) is 1.48. The molecule has 0 aliphatic heterocycles. The molecule has 4 heteroatoms. The first kappa shape index (κ1) is 19.7. The van der Waals surface area contributed by atoms with Gasteiger partial charge in [0.2, 0.25) is 0 Å². The van der Waals surface area contributed by atoms with E-state index in [1.165, 1.54) is 6.08 Å². The standard InChI is InChI=1S/C22H26O4/c1-22(2,3)26-21(23)15-14-20(18-8-6-5-7-9-18)25-16-17-10-12-19(24-4)13-11-17/h5-15,20H,16H2,1-4H3/b15-14+/t20-/m0/s1. The average Bonchev–Trinajstić information content (AvgIpc) is 2.61. The molecule has 0 heterocycles. The lowest BCUT2D eigenvalue weighted by Crippen LogP contribution is -2.22. The number of ether oxygens (including phenoxy) is 3. The molecule has 2 rings (SSSR count). The molecule has 0 bridgehead atoms. The molecule has 0 unspecified atom stereocenters. The summed E-state index contributed by atoms with van der Waals surface area (Å²) in [6, 6.07) is 17.5. The molecule has 2 aromatic carbocycles. The fourth-order valence-corrected chi connectivity index (χ4v) is 2.32. The Hall–Kier alpha value is -2.59. The van der Waals surface area contributed by atoms with Crippen molar-refractivity contribution in [3.8, 4) is 5.75 Å². The fraction of sp³-hybridized carbons (Fsp3) is 0.318. The van der Waals surface area contributed by atoms with Crippen molar-refractivity contribution in [3.63, 3.8) is 0 Å². The highest BCUT2D eigenvalue weighted by Gasteiger charge is 2.15. The molecular formula is C22H26O4.